The summed E-state index contributed by atoms with van der Waals surface area (Å²) in [5.41, 5.74) is 5.02. The van der Waals surface area contributed by atoms with Gasteiger partial charge in [0.05, 0.1) is 35.6 Å². The van der Waals surface area contributed by atoms with Gasteiger partial charge in [-0.25, -0.2) is 4.98 Å². The van der Waals surface area contributed by atoms with Crippen molar-refractivity contribution in [2.24, 2.45) is 14.1 Å². The Labute approximate surface area is 194 Å². The van der Waals surface area contributed by atoms with Crippen molar-refractivity contribution < 1.29 is 14.3 Å². The van der Waals surface area contributed by atoms with Crippen LogP contribution >= 0.6 is 0 Å². The van der Waals surface area contributed by atoms with Gasteiger partial charge in [0.15, 0.2) is 0 Å². The molecule has 1 aliphatic rings. The molecule has 0 unspecified atom stereocenters. The molecule has 0 radical (unpaired) electrons. The molecule has 5 aromatic rings. The molecule has 34 heavy (non-hydrogen) atoms. The van der Waals surface area contributed by atoms with Crippen LogP contribution in [0.2, 0.25) is 0 Å². The van der Waals surface area contributed by atoms with E-state index in [0.29, 0.717) is 16.7 Å². The Morgan fingerprint density at radius 3 is 2.06 bits per heavy atom. The van der Waals surface area contributed by atoms with Gasteiger partial charge in [-0.3, -0.25) is 14.9 Å². The van der Waals surface area contributed by atoms with E-state index in [1.54, 1.807) is 19.6 Å². The number of imide groups is 1. The second-order valence-electron chi connectivity index (χ2n) is 8.40. The first-order valence-electron chi connectivity index (χ1n) is 10.8. The van der Waals surface area contributed by atoms with E-state index in [4.69, 9.17) is 4.74 Å². The first-order chi connectivity index (χ1) is 16.5. The topological polar surface area (TPSA) is 83.1 Å². The van der Waals surface area contributed by atoms with E-state index < -0.39 is 11.8 Å². The Hall–Kier alpha value is -4.59. The maximum Gasteiger partial charge on any atom is 0.259 e. The highest BCUT2D eigenvalue weighted by Gasteiger charge is 2.35. The van der Waals surface area contributed by atoms with E-state index in [1.807, 2.05) is 82.8 Å². The molecule has 8 heteroatoms. The van der Waals surface area contributed by atoms with E-state index in [2.05, 4.69) is 10.3 Å². The van der Waals surface area contributed by atoms with E-state index >= 15 is 0 Å². The summed E-state index contributed by atoms with van der Waals surface area (Å²) < 4.78 is 11.2. The van der Waals surface area contributed by atoms with Crippen LogP contribution in [0.5, 0.6) is 5.75 Å². The minimum atomic E-state index is -0.393. The van der Waals surface area contributed by atoms with Crippen LogP contribution < -0.4 is 10.1 Å². The minimum absolute atomic E-state index is 0.381. The van der Waals surface area contributed by atoms with Crippen molar-refractivity contribution in [3.05, 3.63) is 78.6 Å². The number of hydrogen-bond donors (Lipinski definition) is 1. The molecule has 0 saturated heterocycles. The van der Waals surface area contributed by atoms with Gasteiger partial charge in [0.25, 0.3) is 11.8 Å². The zero-order valence-electron chi connectivity index (χ0n) is 18.9. The zero-order chi connectivity index (χ0) is 23.6. The highest BCUT2D eigenvalue weighted by Crippen LogP contribution is 2.39. The number of amides is 2. The monoisotopic (exact) mass is 451 g/mol. The van der Waals surface area contributed by atoms with Gasteiger partial charge in [-0.2, -0.15) is 0 Å². The lowest BCUT2D eigenvalue weighted by atomic mass is 9.95. The quantitative estimate of drug-likeness (QED) is 0.425. The third-order valence-corrected chi connectivity index (χ3v) is 6.44. The Morgan fingerprint density at radius 2 is 1.47 bits per heavy atom. The summed E-state index contributed by atoms with van der Waals surface area (Å²) in [4.78, 5) is 30.3. The van der Waals surface area contributed by atoms with Crippen molar-refractivity contribution in [1.29, 1.82) is 0 Å². The molecule has 0 aliphatic carbocycles. The van der Waals surface area contributed by atoms with Crippen LogP contribution in [0.1, 0.15) is 11.1 Å². The molecular formula is C26H21N5O3. The smallest absolute Gasteiger partial charge is 0.259 e. The Kier molecular flexibility index (Phi) is 4.25. The highest BCUT2D eigenvalue weighted by atomic mass is 16.5. The number of aryl methyl sites for hydroxylation is 2. The summed E-state index contributed by atoms with van der Waals surface area (Å²) in [7, 11) is 5.46. The zero-order valence-corrected chi connectivity index (χ0v) is 18.9. The van der Waals surface area contributed by atoms with Crippen LogP contribution in [0.25, 0.3) is 38.6 Å². The predicted molar refractivity (Wildman–Crippen MR) is 129 cm³/mol. The first kappa shape index (κ1) is 20.0. The van der Waals surface area contributed by atoms with Gasteiger partial charge in [-0.1, -0.05) is 6.07 Å². The molecule has 168 valence electrons. The van der Waals surface area contributed by atoms with E-state index in [1.165, 1.54) is 0 Å². The van der Waals surface area contributed by atoms with Crippen LogP contribution in [0.3, 0.4) is 0 Å². The van der Waals surface area contributed by atoms with Crippen molar-refractivity contribution >= 4 is 44.8 Å². The van der Waals surface area contributed by atoms with E-state index in [0.717, 1.165) is 38.8 Å². The Morgan fingerprint density at radius 1 is 0.853 bits per heavy atom. The van der Waals surface area contributed by atoms with Gasteiger partial charge >= 0.3 is 0 Å². The number of fused-ring (bicyclic) bond motifs is 2. The fourth-order valence-electron chi connectivity index (χ4n) is 4.80. The summed E-state index contributed by atoms with van der Waals surface area (Å²) in [6.07, 6.45) is 9.14. The van der Waals surface area contributed by atoms with Crippen molar-refractivity contribution in [3.8, 4) is 11.4 Å². The fourth-order valence-corrected chi connectivity index (χ4v) is 4.80. The molecule has 6 rings (SSSR count). The molecule has 0 saturated carbocycles. The van der Waals surface area contributed by atoms with Gasteiger partial charge in [0, 0.05) is 72.5 Å². The number of methoxy groups -OCH3 is 1. The number of imidazole rings is 1. The number of nitrogens with one attached hydrogen (secondary N) is 1. The van der Waals surface area contributed by atoms with Gasteiger partial charge in [0.1, 0.15) is 5.75 Å². The SMILES string of the molecule is COc1ccc2c(C3=C(c4cn(C)c5cc(-n6ccnc6)ccc45)C(=O)NC3=O)cn(C)c2c1. The standard InChI is InChI=1S/C26H21N5O3/c1-29-12-19(17-6-4-15(10-21(17)29)31-9-8-27-14-31)23-24(26(33)28-25(23)32)20-13-30(2)22-11-16(34-3)5-7-18(20)22/h4-14H,1-3H3,(H,28,32,33). The molecule has 1 aliphatic heterocycles. The average molecular weight is 451 g/mol. The molecule has 1 N–H and O–H groups in total. The summed E-state index contributed by atoms with van der Waals surface area (Å²) in [5, 5.41) is 4.28. The van der Waals surface area contributed by atoms with E-state index in [-0.39, 0.29) is 0 Å². The Balaban J connectivity index is 1.60. The van der Waals surface area contributed by atoms with Crippen molar-refractivity contribution in [3.63, 3.8) is 0 Å². The van der Waals surface area contributed by atoms with Gasteiger partial charge in [-0.05, 0) is 24.3 Å². The lowest BCUT2D eigenvalue weighted by molar-refractivity contribution is -0.122. The summed E-state index contributed by atoms with van der Waals surface area (Å²) in [6, 6.07) is 11.7. The molecule has 2 amide bonds. The average Bonchev–Trinajstić information content (AvgIpc) is 3.60. The largest absolute Gasteiger partial charge is 0.497 e. The Bertz CT molecular complexity index is 1670. The molecule has 0 bridgehead atoms. The predicted octanol–water partition coefficient (Wildman–Crippen LogP) is 3.43. The maximum absolute atomic E-state index is 13.1. The molecule has 3 aromatic heterocycles. The molecule has 0 fully saturated rings. The van der Waals surface area contributed by atoms with Gasteiger partial charge in [0.2, 0.25) is 0 Å². The van der Waals surface area contributed by atoms with Crippen LogP contribution in [0, 0.1) is 0 Å². The molecule has 4 heterocycles. The maximum atomic E-state index is 13.1. The summed E-state index contributed by atoms with van der Waals surface area (Å²) >= 11 is 0. The lowest BCUT2D eigenvalue weighted by Crippen LogP contribution is -2.22. The van der Waals surface area contributed by atoms with Gasteiger partial charge < -0.3 is 18.4 Å². The molecule has 0 atom stereocenters. The number of carbonyl (C=O) groups excluding carboxylic acids is 2. The van der Waals surface area contributed by atoms with Crippen molar-refractivity contribution in [2.75, 3.05) is 7.11 Å². The number of rotatable bonds is 4. The highest BCUT2D eigenvalue weighted by molar-refractivity contribution is 6.50. The first-order valence-corrected chi connectivity index (χ1v) is 10.8. The normalized spacial score (nSPS) is 14.0. The number of ether oxygens (including phenoxy) is 1. The van der Waals surface area contributed by atoms with Crippen molar-refractivity contribution in [1.82, 2.24) is 24.0 Å². The number of benzene rings is 2. The van der Waals surface area contributed by atoms with Gasteiger partial charge in [-0.15, -0.1) is 0 Å². The third-order valence-electron chi connectivity index (χ3n) is 6.44. The van der Waals surface area contributed by atoms with Crippen LogP contribution in [0.4, 0.5) is 0 Å². The third kappa shape index (κ3) is 2.82. The molecular weight excluding hydrogens is 430 g/mol. The van der Waals surface area contributed by atoms with Crippen LogP contribution in [0.15, 0.2) is 67.5 Å². The number of carbonyl (C=O) groups is 2. The summed E-state index contributed by atoms with van der Waals surface area (Å²) in [6.45, 7) is 0. The molecule has 2 aromatic carbocycles. The second kappa shape index (κ2) is 7.21. The van der Waals surface area contributed by atoms with Crippen molar-refractivity contribution in [2.45, 2.75) is 0 Å². The number of nitrogens with zero attached hydrogens (tertiary/aromatic N) is 4. The van der Waals surface area contributed by atoms with Crippen LogP contribution in [-0.4, -0.2) is 37.6 Å². The van der Waals surface area contributed by atoms with E-state index in [9.17, 15) is 9.59 Å². The molecule has 8 nitrogen and oxygen atoms in total. The fraction of sp³-hybridized carbons (Fsp3) is 0.115. The number of aromatic nitrogens is 4. The second-order valence-corrected chi connectivity index (χ2v) is 8.40. The van der Waals surface area contributed by atoms with Crippen LogP contribution in [-0.2, 0) is 23.7 Å². The molecule has 0 spiro atoms. The lowest BCUT2D eigenvalue weighted by Gasteiger charge is -2.05. The minimum Gasteiger partial charge on any atom is -0.497 e. The summed E-state index contributed by atoms with van der Waals surface area (Å²) in [5.74, 6) is -0.0591. The number of hydrogen-bond acceptors (Lipinski definition) is 4.